The van der Waals surface area contributed by atoms with E-state index in [0.717, 1.165) is 43.1 Å². The smallest absolute Gasteiger partial charge is 0.314 e. The van der Waals surface area contributed by atoms with Crippen LogP contribution in [0.5, 0.6) is 11.5 Å². The van der Waals surface area contributed by atoms with Gasteiger partial charge in [-0.1, -0.05) is 64.9 Å². The summed E-state index contributed by atoms with van der Waals surface area (Å²) in [6.07, 6.45) is 12.4. The van der Waals surface area contributed by atoms with Crippen LogP contribution >= 0.6 is 0 Å². The van der Waals surface area contributed by atoms with Gasteiger partial charge in [0.15, 0.2) is 11.5 Å². The van der Waals surface area contributed by atoms with E-state index in [4.69, 9.17) is 9.47 Å². The lowest BCUT2D eigenvalue weighted by Gasteiger charge is -2.28. The molecule has 3 nitrogen and oxygen atoms in total. The van der Waals surface area contributed by atoms with E-state index in [1.165, 1.54) is 38.5 Å². The predicted molar refractivity (Wildman–Crippen MR) is 109 cm³/mol. The van der Waals surface area contributed by atoms with Crippen molar-refractivity contribution in [2.75, 3.05) is 6.61 Å². The highest BCUT2D eigenvalue weighted by atomic mass is 19.1. The van der Waals surface area contributed by atoms with E-state index in [-0.39, 0.29) is 23.4 Å². The largest absolute Gasteiger partial charge is 0.490 e. The summed E-state index contributed by atoms with van der Waals surface area (Å²) in [7, 11) is 0. The molecule has 1 aliphatic carbocycles. The van der Waals surface area contributed by atoms with E-state index in [0.29, 0.717) is 13.0 Å². The molecule has 0 amide bonds. The lowest BCUT2D eigenvalue weighted by molar-refractivity contribution is -0.140. The van der Waals surface area contributed by atoms with Crippen molar-refractivity contribution in [1.82, 2.24) is 0 Å². The van der Waals surface area contributed by atoms with E-state index >= 15 is 0 Å². The molecule has 0 N–H and O–H groups in total. The second-order valence-electron chi connectivity index (χ2n) is 8.64. The van der Waals surface area contributed by atoms with Crippen LogP contribution in [0.4, 0.5) is 4.39 Å². The summed E-state index contributed by atoms with van der Waals surface area (Å²) in [5.74, 6) is 1.00. The zero-order chi connectivity index (χ0) is 19.9. The third kappa shape index (κ3) is 5.27. The van der Waals surface area contributed by atoms with Crippen molar-refractivity contribution >= 4 is 5.97 Å². The molecule has 0 radical (unpaired) electrons. The van der Waals surface area contributed by atoms with Crippen LogP contribution in [-0.4, -0.2) is 12.6 Å². The number of esters is 1. The van der Waals surface area contributed by atoms with Crippen molar-refractivity contribution in [1.29, 1.82) is 0 Å². The Morgan fingerprint density at radius 1 is 1.04 bits per heavy atom. The fourth-order valence-electron chi connectivity index (χ4n) is 4.83. The summed E-state index contributed by atoms with van der Waals surface area (Å²) in [6, 6.07) is 3.53. The molecule has 1 aliphatic heterocycles. The first-order valence-corrected chi connectivity index (χ1v) is 11.3. The van der Waals surface area contributed by atoms with Crippen molar-refractivity contribution < 1.29 is 18.7 Å². The Morgan fingerprint density at radius 3 is 2.39 bits per heavy atom. The van der Waals surface area contributed by atoms with Crippen LogP contribution in [0.2, 0.25) is 0 Å². The van der Waals surface area contributed by atoms with Gasteiger partial charge in [-0.25, -0.2) is 0 Å². The first kappa shape index (κ1) is 21.1. The number of rotatable bonds is 9. The van der Waals surface area contributed by atoms with E-state index < -0.39 is 5.82 Å². The van der Waals surface area contributed by atoms with Gasteiger partial charge in [0.2, 0.25) is 5.82 Å². The highest BCUT2D eigenvalue weighted by molar-refractivity contribution is 5.78. The standard InChI is InChI=1S/C24H35FO3/c1-3-6-17-9-11-18(12-10-17)8-5-15-27-21-14-13-19-16-20(7-4-2)24(26)28-23(19)22(21)25/h13-14,17-18,20H,3-12,15-16H2,1-2H3. The molecule has 0 aromatic heterocycles. The number of hydrogen-bond donors (Lipinski definition) is 0. The van der Waals surface area contributed by atoms with Gasteiger partial charge in [0.25, 0.3) is 0 Å². The Kier molecular flexibility index (Phi) is 7.75. The Balaban J connectivity index is 1.46. The molecule has 156 valence electrons. The maximum absolute atomic E-state index is 14.7. The van der Waals surface area contributed by atoms with Crippen molar-refractivity contribution in [2.45, 2.75) is 84.5 Å². The number of hydrogen-bond acceptors (Lipinski definition) is 3. The molecule has 1 saturated carbocycles. The molecular formula is C24H35FO3. The normalized spacial score (nSPS) is 24.5. The minimum absolute atomic E-state index is 0.0732. The summed E-state index contributed by atoms with van der Waals surface area (Å²) in [6.45, 7) is 4.82. The molecule has 1 fully saturated rings. The number of ether oxygens (including phenoxy) is 2. The predicted octanol–water partition coefficient (Wildman–Crippen LogP) is 6.47. The third-order valence-corrected chi connectivity index (χ3v) is 6.46. The van der Waals surface area contributed by atoms with Crippen LogP contribution in [0.15, 0.2) is 12.1 Å². The monoisotopic (exact) mass is 390 g/mol. The van der Waals surface area contributed by atoms with Gasteiger partial charge in [-0.2, -0.15) is 4.39 Å². The first-order valence-electron chi connectivity index (χ1n) is 11.3. The summed E-state index contributed by atoms with van der Waals surface area (Å²) in [5, 5.41) is 0. The molecule has 0 saturated heterocycles. The molecule has 1 unspecified atom stereocenters. The van der Waals surface area contributed by atoms with Crippen LogP contribution in [0, 0.1) is 23.6 Å². The molecule has 0 spiro atoms. The van der Waals surface area contributed by atoms with Gasteiger partial charge in [0.05, 0.1) is 12.5 Å². The lowest BCUT2D eigenvalue weighted by Crippen LogP contribution is -2.28. The van der Waals surface area contributed by atoms with Gasteiger partial charge in [0, 0.05) is 0 Å². The van der Waals surface area contributed by atoms with Crippen LogP contribution in [0.1, 0.15) is 83.6 Å². The second-order valence-corrected chi connectivity index (χ2v) is 8.64. The molecule has 1 aromatic rings. The third-order valence-electron chi connectivity index (χ3n) is 6.46. The fourth-order valence-corrected chi connectivity index (χ4v) is 4.83. The molecule has 1 aromatic carbocycles. The lowest BCUT2D eigenvalue weighted by atomic mass is 9.78. The van der Waals surface area contributed by atoms with E-state index in [1.807, 2.05) is 13.0 Å². The molecule has 4 heteroatoms. The van der Waals surface area contributed by atoms with Gasteiger partial charge in [-0.15, -0.1) is 0 Å². The Labute approximate surface area is 169 Å². The van der Waals surface area contributed by atoms with Crippen LogP contribution in [0.25, 0.3) is 0 Å². The molecular weight excluding hydrogens is 355 g/mol. The molecule has 1 heterocycles. The Bertz CT molecular complexity index is 649. The molecule has 28 heavy (non-hydrogen) atoms. The van der Waals surface area contributed by atoms with Crippen LogP contribution in [-0.2, 0) is 11.2 Å². The second kappa shape index (κ2) is 10.3. The average Bonchev–Trinajstić information content (AvgIpc) is 2.70. The first-order chi connectivity index (χ1) is 13.6. The summed E-state index contributed by atoms with van der Waals surface area (Å²) in [5.41, 5.74) is 0.770. The zero-order valence-electron chi connectivity index (χ0n) is 17.5. The minimum atomic E-state index is -0.527. The highest BCUT2D eigenvalue weighted by Crippen LogP contribution is 2.37. The maximum atomic E-state index is 14.7. The van der Waals surface area contributed by atoms with E-state index in [1.54, 1.807) is 6.07 Å². The molecule has 3 rings (SSSR count). The Morgan fingerprint density at radius 2 is 1.71 bits per heavy atom. The van der Waals surface area contributed by atoms with Gasteiger partial charge in [-0.3, -0.25) is 4.79 Å². The fraction of sp³-hybridized carbons (Fsp3) is 0.708. The maximum Gasteiger partial charge on any atom is 0.314 e. The van der Waals surface area contributed by atoms with Crippen molar-refractivity contribution in [2.24, 2.45) is 17.8 Å². The topological polar surface area (TPSA) is 35.5 Å². The number of carbonyl (C=O) groups is 1. The van der Waals surface area contributed by atoms with Crippen LogP contribution < -0.4 is 9.47 Å². The van der Waals surface area contributed by atoms with Gasteiger partial charge in [-0.05, 0) is 49.1 Å². The van der Waals surface area contributed by atoms with Crippen molar-refractivity contribution in [3.63, 3.8) is 0 Å². The minimum Gasteiger partial charge on any atom is -0.490 e. The van der Waals surface area contributed by atoms with Gasteiger partial charge >= 0.3 is 5.97 Å². The summed E-state index contributed by atoms with van der Waals surface area (Å²) in [4.78, 5) is 12.1. The van der Waals surface area contributed by atoms with Gasteiger partial charge in [0.1, 0.15) is 0 Å². The number of carbonyl (C=O) groups excluding carboxylic acids is 1. The number of halogens is 1. The Hall–Kier alpha value is -1.58. The summed E-state index contributed by atoms with van der Waals surface area (Å²) >= 11 is 0. The molecule has 0 bridgehead atoms. The van der Waals surface area contributed by atoms with Crippen LogP contribution in [0.3, 0.4) is 0 Å². The quantitative estimate of drug-likeness (QED) is 0.275. The molecule has 1 atom stereocenters. The van der Waals surface area contributed by atoms with E-state index in [9.17, 15) is 9.18 Å². The summed E-state index contributed by atoms with van der Waals surface area (Å²) < 4.78 is 25.7. The van der Waals surface area contributed by atoms with Crippen molar-refractivity contribution in [3.8, 4) is 11.5 Å². The zero-order valence-corrected chi connectivity index (χ0v) is 17.5. The van der Waals surface area contributed by atoms with Crippen molar-refractivity contribution in [3.05, 3.63) is 23.5 Å². The van der Waals surface area contributed by atoms with Gasteiger partial charge < -0.3 is 9.47 Å². The average molecular weight is 391 g/mol. The molecule has 2 aliphatic rings. The van der Waals surface area contributed by atoms with E-state index in [2.05, 4.69) is 6.92 Å². The SMILES string of the molecule is CCCC1CCC(CCCOc2ccc3c(c2F)OC(=O)C(CCC)C3)CC1. The number of fused-ring (bicyclic) bond motifs is 1. The number of benzene rings is 1. The highest BCUT2D eigenvalue weighted by Gasteiger charge is 2.31.